The summed E-state index contributed by atoms with van der Waals surface area (Å²) in [5.74, 6) is 7.04. The van der Waals surface area contributed by atoms with Crippen LogP contribution in [0.1, 0.15) is 55.6 Å². The highest BCUT2D eigenvalue weighted by atomic mass is 16.5. The third-order valence-electron chi connectivity index (χ3n) is 8.09. The molecule has 2 aromatic heterocycles. The Labute approximate surface area is 284 Å². The first kappa shape index (κ1) is 35.7. The van der Waals surface area contributed by atoms with Crippen molar-refractivity contribution in [3.63, 3.8) is 0 Å². The van der Waals surface area contributed by atoms with Gasteiger partial charge in [0.25, 0.3) is 0 Å². The molecule has 4 aromatic rings. The van der Waals surface area contributed by atoms with E-state index in [4.69, 9.17) is 0 Å². The van der Waals surface area contributed by atoms with E-state index >= 15 is 0 Å². The summed E-state index contributed by atoms with van der Waals surface area (Å²) in [6.45, 7) is 5.11. The van der Waals surface area contributed by atoms with Gasteiger partial charge in [-0.2, -0.15) is 0 Å². The zero-order valence-electron chi connectivity index (χ0n) is 28.5. The van der Waals surface area contributed by atoms with Crippen LogP contribution in [0.4, 0.5) is 9.59 Å². The molecule has 2 heterocycles. The van der Waals surface area contributed by atoms with Gasteiger partial charge in [0.1, 0.15) is 24.2 Å². The van der Waals surface area contributed by atoms with E-state index in [0.29, 0.717) is 11.6 Å². The Morgan fingerprint density at radius 1 is 0.735 bits per heavy atom. The van der Waals surface area contributed by atoms with Gasteiger partial charge in [-0.25, -0.2) is 19.6 Å². The number of amides is 4. The van der Waals surface area contributed by atoms with Gasteiger partial charge in [-0.3, -0.25) is 9.59 Å². The van der Waals surface area contributed by atoms with Crippen LogP contribution >= 0.6 is 0 Å². The molecule has 4 N–H and O–H groups in total. The average molecular weight is 669 g/mol. The Hall–Kier alpha value is -6.10. The third-order valence-corrected chi connectivity index (χ3v) is 8.09. The van der Waals surface area contributed by atoms with Crippen LogP contribution in [-0.4, -0.2) is 94.6 Å². The largest absolute Gasteiger partial charge is 0.453 e. The summed E-state index contributed by atoms with van der Waals surface area (Å²) in [6, 6.07) is 14.0. The van der Waals surface area contributed by atoms with Crippen molar-refractivity contribution >= 4 is 24.0 Å². The molecule has 0 spiro atoms. The van der Waals surface area contributed by atoms with Crippen LogP contribution in [0, 0.1) is 11.8 Å². The molecule has 3 atom stereocenters. The smallest absolute Gasteiger partial charge is 0.407 e. The molecular formula is C35H40N8O6. The Morgan fingerprint density at radius 3 is 1.63 bits per heavy atom. The summed E-state index contributed by atoms with van der Waals surface area (Å²) < 4.78 is 9.08. The standard InChI is InChI=1S/C35H40N8O6/c1-21(39-35(47)49-7)33(45)43(5)23(3)32-37-19-29(41-32)27-16-12-25(13-17-27)9-8-24-10-14-26(15-11-24)28-18-36-31(40-28)22(2)42(4)30(44)20-38-34(46)48-6/h10-19,21-23H,20H2,1-7H3,(H,36,40)(H,37,41)(H,38,46)(H,39,47). The number of imidazole rings is 2. The molecule has 14 nitrogen and oxygen atoms in total. The first-order valence-corrected chi connectivity index (χ1v) is 15.4. The van der Waals surface area contributed by atoms with Crippen molar-refractivity contribution < 1.29 is 28.7 Å². The van der Waals surface area contributed by atoms with Crippen molar-refractivity contribution in [3.8, 4) is 34.4 Å². The van der Waals surface area contributed by atoms with Crippen molar-refractivity contribution in [3.05, 3.63) is 83.7 Å². The van der Waals surface area contributed by atoms with Crippen LogP contribution in [-0.2, 0) is 19.1 Å². The number of alkyl carbamates (subject to hydrolysis) is 2. The summed E-state index contributed by atoms with van der Waals surface area (Å²) in [5, 5.41) is 4.87. The fourth-order valence-corrected chi connectivity index (χ4v) is 4.72. The number of hydrogen-bond donors (Lipinski definition) is 4. The summed E-state index contributed by atoms with van der Waals surface area (Å²) in [6.07, 6.45) is 2.09. The van der Waals surface area contributed by atoms with E-state index in [-0.39, 0.29) is 30.4 Å². The molecular weight excluding hydrogens is 628 g/mol. The number of benzene rings is 2. The molecule has 49 heavy (non-hydrogen) atoms. The van der Waals surface area contributed by atoms with Gasteiger partial charge in [0.05, 0.1) is 50.1 Å². The van der Waals surface area contributed by atoms with Gasteiger partial charge >= 0.3 is 12.2 Å². The zero-order chi connectivity index (χ0) is 35.7. The number of rotatable bonds is 10. The Morgan fingerprint density at radius 2 is 1.18 bits per heavy atom. The lowest BCUT2D eigenvalue weighted by Gasteiger charge is -2.26. The van der Waals surface area contributed by atoms with E-state index in [1.165, 1.54) is 24.0 Å². The number of nitrogens with zero attached hydrogens (tertiary/aromatic N) is 4. The molecule has 0 fully saturated rings. The first-order chi connectivity index (χ1) is 23.4. The fourth-order valence-electron chi connectivity index (χ4n) is 4.72. The van der Waals surface area contributed by atoms with E-state index in [0.717, 1.165) is 33.6 Å². The molecule has 256 valence electrons. The van der Waals surface area contributed by atoms with Crippen LogP contribution in [0.3, 0.4) is 0 Å². The van der Waals surface area contributed by atoms with Crippen LogP contribution < -0.4 is 10.6 Å². The lowest BCUT2D eigenvalue weighted by atomic mass is 10.1. The normalized spacial score (nSPS) is 12.4. The second-order valence-corrected chi connectivity index (χ2v) is 11.3. The van der Waals surface area contributed by atoms with E-state index in [2.05, 4.69) is 51.9 Å². The lowest BCUT2D eigenvalue weighted by Crippen LogP contribution is -2.46. The monoisotopic (exact) mass is 668 g/mol. The predicted molar refractivity (Wildman–Crippen MR) is 182 cm³/mol. The highest BCUT2D eigenvalue weighted by Gasteiger charge is 2.26. The molecule has 0 aliphatic heterocycles. The maximum Gasteiger partial charge on any atom is 0.407 e. The van der Waals surface area contributed by atoms with Gasteiger partial charge < -0.3 is 39.9 Å². The molecule has 0 bridgehead atoms. The Bertz CT molecular complexity index is 1840. The molecule has 0 radical (unpaired) electrons. The van der Waals surface area contributed by atoms with Gasteiger partial charge in [-0.1, -0.05) is 36.1 Å². The molecule has 0 saturated heterocycles. The topological polar surface area (TPSA) is 175 Å². The number of hydrogen-bond acceptors (Lipinski definition) is 8. The number of H-pyrrole nitrogens is 2. The minimum Gasteiger partial charge on any atom is -0.453 e. The minimum absolute atomic E-state index is 0.180. The van der Waals surface area contributed by atoms with Gasteiger partial charge in [0, 0.05) is 25.2 Å². The van der Waals surface area contributed by atoms with Gasteiger partial charge in [0.15, 0.2) is 0 Å². The molecule has 4 rings (SSSR count). The second-order valence-electron chi connectivity index (χ2n) is 11.3. The van der Waals surface area contributed by atoms with E-state index in [1.807, 2.05) is 62.4 Å². The SMILES string of the molecule is COC(=O)NCC(=O)N(C)C(C)c1ncc(-c2ccc(C#Cc3ccc(-c4cnc(C(C)N(C)C(=O)C(C)NC(=O)OC)[nH]4)cc3)cc2)[nH]1. The van der Waals surface area contributed by atoms with Gasteiger partial charge in [-0.05, 0) is 56.2 Å². The fraction of sp³-hybridized carbons (Fsp3) is 0.314. The number of nitrogens with one attached hydrogen (secondary N) is 4. The molecule has 2 aromatic carbocycles. The van der Waals surface area contributed by atoms with Crippen LogP contribution in [0.15, 0.2) is 60.9 Å². The molecule has 14 heteroatoms. The predicted octanol–water partition coefficient (Wildman–Crippen LogP) is 4.01. The maximum absolute atomic E-state index is 12.7. The van der Waals surface area contributed by atoms with Crippen LogP contribution in [0.25, 0.3) is 22.5 Å². The van der Waals surface area contributed by atoms with Crippen molar-refractivity contribution in [1.82, 2.24) is 40.4 Å². The minimum atomic E-state index is -0.753. The molecule has 4 amide bonds. The summed E-state index contributed by atoms with van der Waals surface area (Å²) in [5.41, 5.74) is 5.10. The Kier molecular flexibility index (Phi) is 11.8. The Balaban J connectivity index is 1.35. The number of carbonyl (C=O) groups excluding carboxylic acids is 4. The van der Waals surface area contributed by atoms with Gasteiger partial charge in [0.2, 0.25) is 11.8 Å². The highest BCUT2D eigenvalue weighted by molar-refractivity contribution is 5.85. The summed E-state index contributed by atoms with van der Waals surface area (Å²) >= 11 is 0. The average Bonchev–Trinajstić information content (AvgIpc) is 3.83. The van der Waals surface area contributed by atoms with Crippen LogP contribution in [0.2, 0.25) is 0 Å². The van der Waals surface area contributed by atoms with Crippen molar-refractivity contribution in [2.75, 3.05) is 34.9 Å². The zero-order valence-corrected chi connectivity index (χ0v) is 28.5. The van der Waals surface area contributed by atoms with E-state index < -0.39 is 18.2 Å². The number of ether oxygens (including phenoxy) is 2. The van der Waals surface area contributed by atoms with Crippen molar-refractivity contribution in [1.29, 1.82) is 0 Å². The summed E-state index contributed by atoms with van der Waals surface area (Å²) in [7, 11) is 5.78. The quantitative estimate of drug-likeness (QED) is 0.183. The summed E-state index contributed by atoms with van der Waals surface area (Å²) in [4.78, 5) is 66.4. The molecule has 0 aliphatic carbocycles. The van der Waals surface area contributed by atoms with Crippen molar-refractivity contribution in [2.45, 2.75) is 38.9 Å². The highest BCUT2D eigenvalue weighted by Crippen LogP contribution is 2.24. The molecule has 0 aliphatic rings. The van der Waals surface area contributed by atoms with E-state index in [9.17, 15) is 19.2 Å². The first-order valence-electron chi connectivity index (χ1n) is 15.4. The number of methoxy groups -OCH3 is 2. The molecule has 0 saturated carbocycles. The lowest BCUT2D eigenvalue weighted by molar-refractivity contribution is -0.133. The van der Waals surface area contributed by atoms with E-state index in [1.54, 1.807) is 33.4 Å². The number of carbonyl (C=O) groups is 4. The number of aromatic nitrogens is 4. The van der Waals surface area contributed by atoms with Crippen molar-refractivity contribution in [2.24, 2.45) is 0 Å². The van der Waals surface area contributed by atoms with Gasteiger partial charge in [-0.15, -0.1) is 0 Å². The number of likely N-dealkylation sites (N-methyl/N-ethyl adjacent to an activating group) is 2. The third kappa shape index (κ3) is 9.04. The maximum atomic E-state index is 12.7. The number of aromatic amines is 2. The second kappa shape index (κ2) is 16.1. The van der Waals surface area contributed by atoms with Crippen LogP contribution in [0.5, 0.6) is 0 Å². The molecule has 3 unspecified atom stereocenters.